The van der Waals surface area contributed by atoms with Crippen LogP contribution in [-0.2, 0) is 4.79 Å². The van der Waals surface area contributed by atoms with Crippen LogP contribution in [0.4, 0.5) is 5.69 Å². The van der Waals surface area contributed by atoms with Crippen LogP contribution in [-0.4, -0.2) is 43.1 Å². The third-order valence-corrected chi connectivity index (χ3v) is 4.86. The molecule has 0 aliphatic rings. The van der Waals surface area contributed by atoms with Crippen LogP contribution in [0.25, 0.3) is 17.2 Å². The fourth-order valence-corrected chi connectivity index (χ4v) is 3.34. The SMILES string of the molecule is CCOc1ccccc1NC(=O)CSc1ccc2nnc(-c3ccccn3)n2n1. The summed E-state index contributed by atoms with van der Waals surface area (Å²) in [6.07, 6.45) is 1.69. The van der Waals surface area contributed by atoms with Crippen molar-refractivity contribution < 1.29 is 9.53 Å². The van der Waals surface area contributed by atoms with Crippen molar-refractivity contribution >= 4 is 29.0 Å². The maximum absolute atomic E-state index is 12.4. The van der Waals surface area contributed by atoms with E-state index >= 15 is 0 Å². The van der Waals surface area contributed by atoms with Gasteiger partial charge in [0.2, 0.25) is 11.7 Å². The second-order valence-electron chi connectivity index (χ2n) is 5.95. The Labute approximate surface area is 171 Å². The topological polar surface area (TPSA) is 94.3 Å². The summed E-state index contributed by atoms with van der Waals surface area (Å²) in [5.74, 6) is 1.27. The zero-order valence-corrected chi connectivity index (χ0v) is 16.5. The third-order valence-electron chi connectivity index (χ3n) is 3.94. The number of hydrogen-bond donors (Lipinski definition) is 1. The summed E-state index contributed by atoms with van der Waals surface area (Å²) in [5, 5.41) is 16.4. The Balaban J connectivity index is 1.47. The first kappa shape index (κ1) is 18.9. The van der Waals surface area contributed by atoms with Crippen molar-refractivity contribution in [2.75, 3.05) is 17.7 Å². The number of carbonyl (C=O) groups is 1. The lowest BCUT2D eigenvalue weighted by molar-refractivity contribution is -0.113. The highest BCUT2D eigenvalue weighted by Crippen LogP contribution is 2.24. The number of nitrogens with zero attached hydrogens (tertiary/aromatic N) is 5. The van der Waals surface area contributed by atoms with E-state index in [1.165, 1.54) is 11.8 Å². The Morgan fingerprint density at radius 1 is 1.10 bits per heavy atom. The fourth-order valence-electron chi connectivity index (χ4n) is 2.68. The first-order valence-electron chi connectivity index (χ1n) is 9.03. The van der Waals surface area contributed by atoms with Crippen molar-refractivity contribution in [2.24, 2.45) is 0 Å². The lowest BCUT2D eigenvalue weighted by atomic mass is 10.3. The molecule has 0 aliphatic carbocycles. The number of rotatable bonds is 7. The smallest absolute Gasteiger partial charge is 0.234 e. The van der Waals surface area contributed by atoms with E-state index in [0.717, 1.165) is 0 Å². The van der Waals surface area contributed by atoms with Gasteiger partial charge in [-0.05, 0) is 43.3 Å². The van der Waals surface area contributed by atoms with Gasteiger partial charge in [-0.3, -0.25) is 9.78 Å². The molecule has 1 N–H and O–H groups in total. The van der Waals surface area contributed by atoms with Gasteiger partial charge in [0.15, 0.2) is 5.65 Å². The van der Waals surface area contributed by atoms with Gasteiger partial charge in [-0.15, -0.1) is 10.2 Å². The van der Waals surface area contributed by atoms with Crippen molar-refractivity contribution in [2.45, 2.75) is 11.9 Å². The Bertz CT molecular complexity index is 1130. The largest absolute Gasteiger partial charge is 0.492 e. The molecule has 8 nitrogen and oxygen atoms in total. The van der Waals surface area contributed by atoms with Crippen molar-refractivity contribution in [3.63, 3.8) is 0 Å². The molecular weight excluding hydrogens is 388 g/mol. The highest BCUT2D eigenvalue weighted by Gasteiger charge is 2.12. The number of hydrogen-bond acceptors (Lipinski definition) is 7. The molecule has 0 saturated heterocycles. The maximum atomic E-state index is 12.4. The monoisotopic (exact) mass is 406 g/mol. The molecule has 0 fully saturated rings. The van der Waals surface area contributed by atoms with Gasteiger partial charge >= 0.3 is 0 Å². The van der Waals surface area contributed by atoms with Gasteiger partial charge in [0.1, 0.15) is 16.5 Å². The molecule has 0 unspecified atom stereocenters. The Kier molecular flexibility index (Phi) is 5.66. The summed E-state index contributed by atoms with van der Waals surface area (Å²) in [5.41, 5.74) is 1.95. The molecule has 0 bridgehead atoms. The van der Waals surface area contributed by atoms with Crippen molar-refractivity contribution in [1.82, 2.24) is 24.8 Å². The molecule has 4 rings (SSSR count). The van der Waals surface area contributed by atoms with Crippen molar-refractivity contribution in [1.29, 1.82) is 0 Å². The van der Waals surface area contributed by atoms with Gasteiger partial charge < -0.3 is 10.1 Å². The van der Waals surface area contributed by atoms with Crippen LogP contribution in [0.5, 0.6) is 5.75 Å². The number of carbonyl (C=O) groups excluding carboxylic acids is 1. The average Bonchev–Trinajstić information content (AvgIpc) is 3.18. The summed E-state index contributed by atoms with van der Waals surface area (Å²) in [6.45, 7) is 2.43. The van der Waals surface area contributed by atoms with Gasteiger partial charge in [0.25, 0.3) is 0 Å². The van der Waals surface area contributed by atoms with Crippen LogP contribution in [0.15, 0.2) is 65.8 Å². The average molecular weight is 406 g/mol. The first-order chi connectivity index (χ1) is 14.2. The van der Waals surface area contributed by atoms with Crippen LogP contribution in [0.3, 0.4) is 0 Å². The minimum Gasteiger partial charge on any atom is -0.492 e. The molecule has 1 aromatic carbocycles. The third kappa shape index (κ3) is 4.35. The van der Waals surface area contributed by atoms with Gasteiger partial charge in [-0.1, -0.05) is 30.0 Å². The summed E-state index contributed by atoms with van der Waals surface area (Å²) in [7, 11) is 0. The van der Waals surface area contributed by atoms with E-state index in [4.69, 9.17) is 4.74 Å². The number of para-hydroxylation sites is 2. The highest BCUT2D eigenvalue weighted by atomic mass is 32.2. The van der Waals surface area contributed by atoms with E-state index in [0.29, 0.717) is 40.2 Å². The van der Waals surface area contributed by atoms with Crippen LogP contribution in [0.1, 0.15) is 6.92 Å². The standard InChI is InChI=1S/C20H18N6O2S/c1-2-28-16-9-4-3-7-14(16)22-18(27)13-29-19-11-10-17-23-24-20(26(17)25-19)15-8-5-6-12-21-15/h3-12H,2,13H2,1H3,(H,22,27). The van der Waals surface area contributed by atoms with E-state index in [1.54, 1.807) is 10.7 Å². The molecule has 3 aromatic heterocycles. The Morgan fingerprint density at radius 2 is 1.97 bits per heavy atom. The van der Waals surface area contributed by atoms with Crippen molar-refractivity contribution in [3.05, 3.63) is 60.8 Å². The molecule has 0 saturated carbocycles. The van der Waals surface area contributed by atoms with Crippen LogP contribution < -0.4 is 10.1 Å². The molecule has 29 heavy (non-hydrogen) atoms. The number of aromatic nitrogens is 5. The van der Waals surface area contributed by atoms with E-state index in [2.05, 4.69) is 25.6 Å². The molecule has 4 aromatic rings. The molecular formula is C20H18N6O2S. The van der Waals surface area contributed by atoms with Crippen LogP contribution in [0, 0.1) is 0 Å². The van der Waals surface area contributed by atoms with E-state index < -0.39 is 0 Å². The Hall–Kier alpha value is -3.46. The maximum Gasteiger partial charge on any atom is 0.234 e. The summed E-state index contributed by atoms with van der Waals surface area (Å²) in [4.78, 5) is 16.7. The van der Waals surface area contributed by atoms with Gasteiger partial charge in [-0.25, -0.2) is 0 Å². The number of fused-ring (bicyclic) bond motifs is 1. The summed E-state index contributed by atoms with van der Waals surface area (Å²) < 4.78 is 7.17. The molecule has 3 heterocycles. The zero-order valence-electron chi connectivity index (χ0n) is 15.6. The molecule has 9 heteroatoms. The first-order valence-corrected chi connectivity index (χ1v) is 10.0. The lowest BCUT2D eigenvalue weighted by Gasteiger charge is -2.11. The number of amides is 1. The summed E-state index contributed by atoms with van der Waals surface area (Å²) >= 11 is 1.33. The number of benzene rings is 1. The normalized spacial score (nSPS) is 10.8. The van der Waals surface area contributed by atoms with E-state index in [9.17, 15) is 4.79 Å². The number of pyridine rings is 1. The molecule has 0 radical (unpaired) electrons. The van der Waals surface area contributed by atoms with Gasteiger partial charge in [0.05, 0.1) is 18.0 Å². The second kappa shape index (κ2) is 8.70. The minimum absolute atomic E-state index is 0.141. The number of ether oxygens (including phenoxy) is 1. The molecule has 0 aliphatic heterocycles. The molecule has 146 valence electrons. The zero-order chi connectivity index (χ0) is 20.1. The van der Waals surface area contributed by atoms with E-state index in [1.807, 2.05) is 61.5 Å². The fraction of sp³-hybridized carbons (Fsp3) is 0.150. The lowest BCUT2D eigenvalue weighted by Crippen LogP contribution is -2.15. The number of anilines is 1. The van der Waals surface area contributed by atoms with Crippen molar-refractivity contribution in [3.8, 4) is 17.3 Å². The predicted molar refractivity (Wildman–Crippen MR) is 111 cm³/mol. The Morgan fingerprint density at radius 3 is 2.79 bits per heavy atom. The predicted octanol–water partition coefficient (Wildman–Crippen LogP) is 3.32. The number of thioether (sulfide) groups is 1. The van der Waals surface area contributed by atoms with Crippen LogP contribution in [0.2, 0.25) is 0 Å². The number of nitrogens with one attached hydrogen (secondary N) is 1. The van der Waals surface area contributed by atoms with Gasteiger partial charge in [-0.2, -0.15) is 9.61 Å². The summed E-state index contributed by atoms with van der Waals surface area (Å²) in [6, 6.07) is 16.6. The second-order valence-corrected chi connectivity index (χ2v) is 6.94. The minimum atomic E-state index is -0.141. The quantitative estimate of drug-likeness (QED) is 0.471. The molecule has 0 atom stereocenters. The van der Waals surface area contributed by atoms with Crippen LogP contribution >= 0.6 is 11.8 Å². The van der Waals surface area contributed by atoms with E-state index in [-0.39, 0.29) is 11.7 Å². The van der Waals surface area contributed by atoms with Gasteiger partial charge in [0, 0.05) is 6.20 Å². The highest BCUT2D eigenvalue weighted by molar-refractivity contribution is 7.99. The molecule has 1 amide bonds. The molecule has 0 spiro atoms.